The molecule has 0 radical (unpaired) electrons. The van der Waals surface area contributed by atoms with Crippen LogP contribution in [-0.4, -0.2) is 29.8 Å². The minimum atomic E-state index is -4.51. The van der Waals surface area contributed by atoms with Gasteiger partial charge in [-0.3, -0.25) is 9.59 Å². The van der Waals surface area contributed by atoms with Gasteiger partial charge in [0.1, 0.15) is 0 Å². The Bertz CT molecular complexity index is 901. The van der Waals surface area contributed by atoms with Gasteiger partial charge in [-0.25, -0.2) is 0 Å². The third kappa shape index (κ3) is 5.29. The fraction of sp³-hybridized carbons (Fsp3) is 0.333. The lowest BCUT2D eigenvalue weighted by Gasteiger charge is -2.32. The Kier molecular flexibility index (Phi) is 6.47. The van der Waals surface area contributed by atoms with E-state index in [1.54, 1.807) is 12.1 Å². The molecule has 2 amide bonds. The van der Waals surface area contributed by atoms with Gasteiger partial charge >= 0.3 is 6.18 Å². The summed E-state index contributed by atoms with van der Waals surface area (Å²) >= 11 is 6.09. The first-order valence-corrected chi connectivity index (χ1v) is 9.61. The Morgan fingerprint density at radius 1 is 1.14 bits per heavy atom. The van der Waals surface area contributed by atoms with E-state index in [0.717, 1.165) is 17.7 Å². The van der Waals surface area contributed by atoms with Crippen molar-refractivity contribution in [1.29, 1.82) is 0 Å². The molecule has 1 fully saturated rings. The average molecular weight is 425 g/mol. The molecule has 154 valence electrons. The zero-order valence-electron chi connectivity index (χ0n) is 15.5. The minimum absolute atomic E-state index is 0.0306. The van der Waals surface area contributed by atoms with Gasteiger partial charge in [-0.2, -0.15) is 13.2 Å². The molecule has 1 heterocycles. The average Bonchev–Trinajstić information content (AvgIpc) is 2.72. The van der Waals surface area contributed by atoms with Crippen LogP contribution in [0.15, 0.2) is 48.5 Å². The first-order chi connectivity index (χ1) is 13.8. The van der Waals surface area contributed by atoms with E-state index in [2.05, 4.69) is 5.32 Å². The number of alkyl halides is 3. The van der Waals surface area contributed by atoms with Gasteiger partial charge in [0, 0.05) is 30.2 Å². The third-order valence-electron chi connectivity index (χ3n) is 4.93. The van der Waals surface area contributed by atoms with Crippen LogP contribution in [0.3, 0.4) is 0 Å². The number of carbonyl (C=O) groups is 2. The maximum atomic E-state index is 12.9. The Balaban J connectivity index is 1.63. The van der Waals surface area contributed by atoms with E-state index >= 15 is 0 Å². The molecule has 1 saturated heterocycles. The summed E-state index contributed by atoms with van der Waals surface area (Å²) in [5.41, 5.74) is -0.110. The second-order valence-corrected chi connectivity index (χ2v) is 7.39. The van der Waals surface area contributed by atoms with Crippen molar-refractivity contribution in [2.24, 2.45) is 5.92 Å². The van der Waals surface area contributed by atoms with Gasteiger partial charge in [-0.05, 0) is 42.7 Å². The number of hydrogen-bond donors (Lipinski definition) is 1. The molecule has 0 aliphatic carbocycles. The maximum Gasteiger partial charge on any atom is 0.416 e. The minimum Gasteiger partial charge on any atom is -0.352 e. The van der Waals surface area contributed by atoms with E-state index < -0.39 is 23.6 Å². The number of piperidine rings is 1. The number of likely N-dealkylation sites (tertiary alicyclic amines) is 1. The lowest BCUT2D eigenvalue weighted by molar-refractivity contribution is -0.137. The zero-order valence-corrected chi connectivity index (χ0v) is 16.3. The normalized spacial score (nSPS) is 17.1. The maximum absolute atomic E-state index is 12.9. The van der Waals surface area contributed by atoms with Crippen molar-refractivity contribution in [1.82, 2.24) is 10.2 Å². The van der Waals surface area contributed by atoms with Gasteiger partial charge in [0.25, 0.3) is 5.91 Å². The second kappa shape index (κ2) is 8.86. The number of carbonyl (C=O) groups excluding carboxylic acids is 2. The number of amides is 2. The molecule has 0 bridgehead atoms. The summed E-state index contributed by atoms with van der Waals surface area (Å²) in [5, 5.41) is 3.38. The van der Waals surface area contributed by atoms with E-state index in [1.165, 1.54) is 17.0 Å². The highest BCUT2D eigenvalue weighted by Gasteiger charge is 2.33. The summed E-state index contributed by atoms with van der Waals surface area (Å²) in [7, 11) is 0. The Morgan fingerprint density at radius 3 is 2.62 bits per heavy atom. The quantitative estimate of drug-likeness (QED) is 0.784. The molecule has 8 heteroatoms. The predicted molar refractivity (Wildman–Crippen MR) is 103 cm³/mol. The van der Waals surface area contributed by atoms with E-state index in [1.807, 2.05) is 12.1 Å². The van der Waals surface area contributed by atoms with Gasteiger partial charge < -0.3 is 10.2 Å². The van der Waals surface area contributed by atoms with Crippen molar-refractivity contribution in [2.75, 3.05) is 13.1 Å². The molecule has 4 nitrogen and oxygen atoms in total. The molecule has 1 unspecified atom stereocenters. The monoisotopic (exact) mass is 424 g/mol. The summed E-state index contributed by atoms with van der Waals surface area (Å²) in [6.07, 6.45) is -3.30. The van der Waals surface area contributed by atoms with Crippen molar-refractivity contribution >= 4 is 23.4 Å². The fourth-order valence-electron chi connectivity index (χ4n) is 3.36. The van der Waals surface area contributed by atoms with Crippen molar-refractivity contribution in [3.8, 4) is 0 Å². The SMILES string of the molecule is O=C(NCc1ccccc1Cl)C1CCCN(C(=O)c2cccc(C(F)(F)F)c2)C1. The molecule has 0 spiro atoms. The Labute approximate surface area is 171 Å². The zero-order chi connectivity index (χ0) is 21.0. The number of hydrogen-bond acceptors (Lipinski definition) is 2. The molecule has 1 aliphatic rings. The number of halogens is 4. The molecular formula is C21H20ClF3N2O2. The van der Waals surface area contributed by atoms with Crippen LogP contribution in [0.1, 0.15) is 34.3 Å². The van der Waals surface area contributed by atoms with Crippen LogP contribution in [0, 0.1) is 5.92 Å². The van der Waals surface area contributed by atoms with Gasteiger partial charge in [0.15, 0.2) is 0 Å². The van der Waals surface area contributed by atoms with Crippen LogP contribution >= 0.6 is 11.6 Å². The standard InChI is InChI=1S/C21H20ClF3N2O2/c22-18-9-2-1-5-15(18)12-26-19(28)16-7-4-10-27(13-16)20(29)14-6-3-8-17(11-14)21(23,24)25/h1-3,5-6,8-9,11,16H,4,7,10,12-13H2,(H,26,28). The smallest absolute Gasteiger partial charge is 0.352 e. The van der Waals surface area contributed by atoms with Crippen LogP contribution in [0.2, 0.25) is 5.02 Å². The number of nitrogens with one attached hydrogen (secondary N) is 1. The highest BCUT2D eigenvalue weighted by Crippen LogP contribution is 2.30. The highest BCUT2D eigenvalue weighted by atomic mass is 35.5. The summed E-state index contributed by atoms with van der Waals surface area (Å²) in [5.74, 6) is -1.12. The molecule has 1 atom stereocenters. The predicted octanol–water partition coefficient (Wildman–Crippen LogP) is 4.53. The van der Waals surface area contributed by atoms with Crippen molar-refractivity contribution in [3.05, 3.63) is 70.2 Å². The van der Waals surface area contributed by atoms with Crippen LogP contribution in [0.25, 0.3) is 0 Å². The van der Waals surface area contributed by atoms with Gasteiger partial charge in [0.2, 0.25) is 5.91 Å². The van der Waals surface area contributed by atoms with E-state index in [0.29, 0.717) is 24.4 Å². The van der Waals surface area contributed by atoms with Crippen molar-refractivity contribution in [3.63, 3.8) is 0 Å². The van der Waals surface area contributed by atoms with Crippen LogP contribution in [-0.2, 0) is 17.5 Å². The Hall–Kier alpha value is -2.54. The van der Waals surface area contributed by atoms with Gasteiger partial charge in [0.05, 0.1) is 11.5 Å². The van der Waals surface area contributed by atoms with Crippen LogP contribution < -0.4 is 5.32 Å². The summed E-state index contributed by atoms with van der Waals surface area (Å²) in [4.78, 5) is 26.7. The number of nitrogens with zero attached hydrogens (tertiary/aromatic N) is 1. The third-order valence-corrected chi connectivity index (χ3v) is 5.30. The first kappa shape index (κ1) is 21.2. The van der Waals surface area contributed by atoms with Crippen molar-refractivity contribution < 1.29 is 22.8 Å². The van der Waals surface area contributed by atoms with Crippen LogP contribution in [0.4, 0.5) is 13.2 Å². The number of rotatable bonds is 4. The number of benzene rings is 2. The first-order valence-electron chi connectivity index (χ1n) is 9.23. The summed E-state index contributed by atoms with van der Waals surface area (Å²) in [6.45, 7) is 0.851. The van der Waals surface area contributed by atoms with Crippen molar-refractivity contribution in [2.45, 2.75) is 25.6 Å². The van der Waals surface area contributed by atoms with Crippen LogP contribution in [0.5, 0.6) is 0 Å². The molecule has 2 aromatic rings. The molecule has 0 saturated carbocycles. The van der Waals surface area contributed by atoms with Gasteiger partial charge in [-0.15, -0.1) is 0 Å². The molecule has 3 rings (SSSR count). The van der Waals surface area contributed by atoms with Gasteiger partial charge in [-0.1, -0.05) is 35.9 Å². The molecule has 1 aliphatic heterocycles. The molecule has 1 N–H and O–H groups in total. The second-order valence-electron chi connectivity index (χ2n) is 6.98. The highest BCUT2D eigenvalue weighted by molar-refractivity contribution is 6.31. The molecule has 0 aromatic heterocycles. The van der Waals surface area contributed by atoms with E-state index in [9.17, 15) is 22.8 Å². The lowest BCUT2D eigenvalue weighted by atomic mass is 9.96. The van der Waals surface area contributed by atoms with E-state index in [-0.39, 0.29) is 24.6 Å². The molecule has 2 aromatic carbocycles. The van der Waals surface area contributed by atoms with E-state index in [4.69, 9.17) is 11.6 Å². The molecule has 29 heavy (non-hydrogen) atoms. The lowest BCUT2D eigenvalue weighted by Crippen LogP contribution is -2.45. The Morgan fingerprint density at radius 2 is 1.90 bits per heavy atom. The summed E-state index contributed by atoms with van der Waals surface area (Å²) in [6, 6.07) is 11.5. The summed E-state index contributed by atoms with van der Waals surface area (Å²) < 4.78 is 38.7. The fourth-order valence-corrected chi connectivity index (χ4v) is 3.56. The topological polar surface area (TPSA) is 49.4 Å². The largest absolute Gasteiger partial charge is 0.416 e. The molecular weight excluding hydrogens is 405 g/mol.